The minimum Gasteiger partial charge on any atom is -0.334 e. The van der Waals surface area contributed by atoms with E-state index < -0.39 is 21.6 Å². The van der Waals surface area contributed by atoms with Crippen molar-refractivity contribution in [3.63, 3.8) is 0 Å². The van der Waals surface area contributed by atoms with Gasteiger partial charge >= 0.3 is 11.5 Å². The molecule has 1 heterocycles. The third-order valence-corrected chi connectivity index (χ3v) is 3.85. The average Bonchev–Trinajstić information content (AvgIpc) is 2.43. The number of carbonyl (C=O) groups excluding carboxylic acids is 1. The Labute approximate surface area is 127 Å². The number of hydrogen-bond acceptors (Lipinski definition) is 5. The van der Waals surface area contributed by atoms with Gasteiger partial charge in [0.05, 0.1) is 5.75 Å². The molecule has 0 amide bonds. The molecule has 0 aliphatic heterocycles. The first-order valence-corrected chi connectivity index (χ1v) is 7.97. The van der Waals surface area contributed by atoms with E-state index in [4.69, 9.17) is 0 Å². The summed E-state index contributed by atoms with van der Waals surface area (Å²) in [6, 6.07) is 11.2. The summed E-state index contributed by atoms with van der Waals surface area (Å²) in [6.07, 6.45) is 1.22. The topological polar surface area (TPSA) is 94.5 Å². The molecule has 22 heavy (non-hydrogen) atoms. The van der Waals surface area contributed by atoms with Gasteiger partial charge in [-0.2, -0.15) is 0 Å². The number of rotatable bonds is 5. The van der Waals surface area contributed by atoms with Gasteiger partial charge in [-0.25, -0.2) is 13.2 Å². The fraction of sp³-hybridized carbons (Fsp3) is 0.143. The lowest BCUT2D eigenvalue weighted by atomic mass is 10.2. The zero-order chi connectivity index (χ0) is 16.2. The lowest BCUT2D eigenvalue weighted by molar-refractivity contribution is -0.141. The number of aromatic nitrogens is 1. The van der Waals surface area contributed by atoms with Gasteiger partial charge in [0.1, 0.15) is 5.69 Å². The molecule has 0 bridgehead atoms. The normalized spacial score (nSPS) is 11.0. The Morgan fingerprint density at radius 2 is 1.86 bits per heavy atom. The summed E-state index contributed by atoms with van der Waals surface area (Å²) in [6.45, 7) is 1.14. The van der Waals surface area contributed by atoms with E-state index in [2.05, 4.69) is 9.56 Å². The van der Waals surface area contributed by atoms with Crippen molar-refractivity contribution in [2.24, 2.45) is 0 Å². The van der Waals surface area contributed by atoms with Gasteiger partial charge in [0, 0.05) is 13.1 Å². The molecule has 0 unspecified atom stereocenters. The smallest absolute Gasteiger partial charge is 0.330 e. The number of sulfonamides is 1. The third kappa shape index (κ3) is 4.19. The Balaban J connectivity index is 2.23. The number of anilines is 1. The van der Waals surface area contributed by atoms with Crippen LogP contribution in [0.2, 0.25) is 0 Å². The number of hydrogen-bond donors (Lipinski definition) is 1. The van der Waals surface area contributed by atoms with E-state index in [1.807, 2.05) is 0 Å². The Morgan fingerprint density at radius 1 is 1.18 bits per heavy atom. The third-order valence-electron chi connectivity index (χ3n) is 2.61. The van der Waals surface area contributed by atoms with Crippen molar-refractivity contribution < 1.29 is 18.0 Å². The Kier molecular flexibility index (Phi) is 4.62. The summed E-state index contributed by atoms with van der Waals surface area (Å²) >= 11 is 0. The monoisotopic (exact) mass is 322 g/mol. The van der Waals surface area contributed by atoms with Crippen molar-refractivity contribution in [2.75, 3.05) is 4.72 Å². The zero-order valence-corrected chi connectivity index (χ0v) is 12.5. The fourth-order valence-electron chi connectivity index (χ4n) is 1.76. The van der Waals surface area contributed by atoms with Crippen molar-refractivity contribution in [1.29, 1.82) is 0 Å². The first kappa shape index (κ1) is 15.8. The zero-order valence-electron chi connectivity index (χ0n) is 11.7. The molecule has 2 rings (SSSR count). The summed E-state index contributed by atoms with van der Waals surface area (Å²) in [4.78, 5) is 27.5. The summed E-state index contributed by atoms with van der Waals surface area (Å²) < 4.78 is 27.0. The molecule has 1 aromatic heterocycles. The molecule has 7 nitrogen and oxygen atoms in total. The predicted molar refractivity (Wildman–Crippen MR) is 80.7 cm³/mol. The van der Waals surface area contributed by atoms with Crippen LogP contribution in [-0.4, -0.2) is 19.1 Å². The number of nitrogens with one attached hydrogen (secondary N) is 1. The van der Waals surface area contributed by atoms with Gasteiger partial charge in [-0.1, -0.05) is 30.3 Å². The van der Waals surface area contributed by atoms with E-state index >= 15 is 0 Å². The molecule has 0 atom stereocenters. The molecule has 0 aliphatic carbocycles. The Hall–Kier alpha value is -2.61. The van der Waals surface area contributed by atoms with Gasteiger partial charge in [0.25, 0.3) is 0 Å². The van der Waals surface area contributed by atoms with Crippen LogP contribution in [0.4, 0.5) is 5.69 Å². The highest BCUT2D eigenvalue weighted by Crippen LogP contribution is 2.09. The second kappa shape index (κ2) is 6.44. The molecule has 0 spiro atoms. The molecule has 116 valence electrons. The number of carbonyl (C=O) groups is 1. The largest absolute Gasteiger partial charge is 0.334 e. The molecular formula is C14H14N2O5S. The van der Waals surface area contributed by atoms with Crippen molar-refractivity contribution in [1.82, 2.24) is 4.73 Å². The summed E-state index contributed by atoms with van der Waals surface area (Å²) in [7, 11) is -3.76. The molecule has 0 aliphatic rings. The predicted octanol–water partition coefficient (Wildman–Crippen LogP) is 0.765. The lowest BCUT2D eigenvalue weighted by Gasteiger charge is -2.09. The second-order valence-corrected chi connectivity index (χ2v) is 6.20. The van der Waals surface area contributed by atoms with Gasteiger partial charge in [-0.05, 0) is 17.7 Å². The molecule has 0 fully saturated rings. The molecule has 1 N–H and O–H groups in total. The number of nitrogens with zero attached hydrogens (tertiary/aromatic N) is 1. The standard InChI is InChI=1S/C14H14N2O5S/c1-11(17)21-16-9-5-8-13(14(16)18)15-22(19,20)10-12-6-3-2-4-7-12/h2-9,15H,10H2,1H3. The minimum absolute atomic E-state index is 0.195. The molecular weight excluding hydrogens is 308 g/mol. The van der Waals surface area contributed by atoms with E-state index in [-0.39, 0.29) is 11.4 Å². The Bertz CT molecular complexity index is 828. The summed E-state index contributed by atoms with van der Waals surface area (Å²) in [5.41, 5.74) is -0.375. The van der Waals surface area contributed by atoms with Gasteiger partial charge in [-0.15, -0.1) is 4.73 Å². The molecule has 0 radical (unpaired) electrons. The number of benzene rings is 1. The van der Waals surface area contributed by atoms with Crippen molar-refractivity contribution in [3.8, 4) is 0 Å². The second-order valence-electron chi connectivity index (χ2n) is 4.48. The van der Waals surface area contributed by atoms with Crippen LogP contribution in [-0.2, 0) is 20.6 Å². The molecule has 0 saturated heterocycles. The van der Waals surface area contributed by atoms with E-state index in [1.54, 1.807) is 30.3 Å². The molecule has 2 aromatic rings. The average molecular weight is 322 g/mol. The van der Waals surface area contributed by atoms with Gasteiger partial charge in [-0.3, -0.25) is 9.52 Å². The molecule has 1 aromatic carbocycles. The molecule has 0 saturated carbocycles. The van der Waals surface area contributed by atoms with Crippen LogP contribution >= 0.6 is 0 Å². The van der Waals surface area contributed by atoms with E-state index in [0.29, 0.717) is 10.3 Å². The minimum atomic E-state index is -3.76. The van der Waals surface area contributed by atoms with Crippen molar-refractivity contribution >= 4 is 21.7 Å². The number of pyridine rings is 1. The highest BCUT2D eigenvalue weighted by atomic mass is 32.2. The van der Waals surface area contributed by atoms with Gasteiger partial charge in [0.2, 0.25) is 10.0 Å². The van der Waals surface area contributed by atoms with Crippen LogP contribution in [0.3, 0.4) is 0 Å². The van der Waals surface area contributed by atoms with Crippen LogP contribution in [0.1, 0.15) is 12.5 Å². The van der Waals surface area contributed by atoms with Crippen LogP contribution < -0.4 is 15.1 Å². The maximum atomic E-state index is 12.1. The highest BCUT2D eigenvalue weighted by Gasteiger charge is 2.15. The SMILES string of the molecule is CC(=O)On1cccc(NS(=O)(=O)Cc2ccccc2)c1=O. The summed E-state index contributed by atoms with van der Waals surface area (Å²) in [5, 5.41) is 0. The quantitative estimate of drug-likeness (QED) is 0.877. The maximum absolute atomic E-state index is 12.1. The fourth-order valence-corrected chi connectivity index (χ4v) is 2.95. The van der Waals surface area contributed by atoms with Crippen LogP contribution in [0, 0.1) is 0 Å². The van der Waals surface area contributed by atoms with Gasteiger partial charge in [0.15, 0.2) is 0 Å². The van der Waals surface area contributed by atoms with Crippen molar-refractivity contribution in [3.05, 3.63) is 64.6 Å². The van der Waals surface area contributed by atoms with E-state index in [1.165, 1.54) is 18.3 Å². The first-order chi connectivity index (χ1) is 10.4. The van der Waals surface area contributed by atoms with E-state index in [9.17, 15) is 18.0 Å². The lowest BCUT2D eigenvalue weighted by Crippen LogP contribution is -2.31. The van der Waals surface area contributed by atoms with Crippen molar-refractivity contribution in [2.45, 2.75) is 12.7 Å². The van der Waals surface area contributed by atoms with Crippen LogP contribution in [0.25, 0.3) is 0 Å². The van der Waals surface area contributed by atoms with Crippen LogP contribution in [0.5, 0.6) is 0 Å². The van der Waals surface area contributed by atoms with Crippen LogP contribution in [0.15, 0.2) is 53.5 Å². The summed E-state index contributed by atoms with van der Waals surface area (Å²) in [5.74, 6) is -0.957. The highest BCUT2D eigenvalue weighted by molar-refractivity contribution is 7.91. The van der Waals surface area contributed by atoms with Gasteiger partial charge < -0.3 is 4.84 Å². The van der Waals surface area contributed by atoms with E-state index in [0.717, 1.165) is 6.92 Å². The molecule has 8 heteroatoms. The first-order valence-electron chi connectivity index (χ1n) is 6.32. The Morgan fingerprint density at radius 3 is 2.50 bits per heavy atom. The maximum Gasteiger partial charge on any atom is 0.330 e.